The van der Waals surface area contributed by atoms with Crippen LogP contribution in [0.3, 0.4) is 0 Å². The summed E-state index contributed by atoms with van der Waals surface area (Å²) in [5.41, 5.74) is 1.17. The van der Waals surface area contributed by atoms with Crippen LogP contribution in [0, 0.1) is 0 Å². The molecule has 0 amide bonds. The molecule has 1 aromatic carbocycles. The van der Waals surface area contributed by atoms with Crippen LogP contribution in [-0.2, 0) is 6.54 Å². The average Bonchev–Trinajstić information content (AvgIpc) is 2.52. The molecule has 0 radical (unpaired) electrons. The molecule has 118 valence electrons. The third-order valence-corrected chi connectivity index (χ3v) is 3.78. The minimum absolute atomic E-state index is 0.524. The van der Waals surface area contributed by atoms with Gasteiger partial charge in [-0.05, 0) is 31.0 Å². The van der Waals surface area contributed by atoms with Crippen LogP contribution in [-0.4, -0.2) is 26.4 Å². The second kappa shape index (κ2) is 8.13. The standard InChI is InChI=1S/C17H27NO3/c1-4-5-6-7-13(2)18-12-14-10-15(19-3)17-16(11-14)20-8-9-21-17/h10-11,13,18H,4-9,12H2,1-3H3. The Kier molecular flexibility index (Phi) is 6.18. The molecule has 21 heavy (non-hydrogen) atoms. The lowest BCUT2D eigenvalue weighted by molar-refractivity contribution is 0.165. The lowest BCUT2D eigenvalue weighted by atomic mass is 10.1. The van der Waals surface area contributed by atoms with E-state index in [4.69, 9.17) is 14.2 Å². The van der Waals surface area contributed by atoms with Crippen molar-refractivity contribution in [2.24, 2.45) is 0 Å². The van der Waals surface area contributed by atoms with E-state index in [0.29, 0.717) is 19.3 Å². The van der Waals surface area contributed by atoms with E-state index in [-0.39, 0.29) is 0 Å². The van der Waals surface area contributed by atoms with Gasteiger partial charge in [-0.3, -0.25) is 0 Å². The van der Waals surface area contributed by atoms with Crippen molar-refractivity contribution in [3.63, 3.8) is 0 Å². The van der Waals surface area contributed by atoms with Crippen molar-refractivity contribution in [3.8, 4) is 17.2 Å². The van der Waals surface area contributed by atoms with Crippen LogP contribution >= 0.6 is 0 Å². The fourth-order valence-corrected chi connectivity index (χ4v) is 2.52. The number of methoxy groups -OCH3 is 1. The molecule has 2 rings (SSSR count). The number of unbranched alkanes of at least 4 members (excludes halogenated alkanes) is 2. The fraction of sp³-hybridized carbons (Fsp3) is 0.647. The Bertz CT molecular complexity index is 431. The third-order valence-electron chi connectivity index (χ3n) is 3.78. The maximum atomic E-state index is 5.66. The van der Waals surface area contributed by atoms with Crippen molar-refractivity contribution in [1.82, 2.24) is 5.32 Å². The summed E-state index contributed by atoms with van der Waals surface area (Å²) in [6.07, 6.45) is 5.08. The van der Waals surface area contributed by atoms with Crippen molar-refractivity contribution in [3.05, 3.63) is 17.7 Å². The monoisotopic (exact) mass is 293 g/mol. The van der Waals surface area contributed by atoms with Gasteiger partial charge in [-0.2, -0.15) is 0 Å². The first kappa shape index (κ1) is 16.0. The molecule has 0 bridgehead atoms. The Morgan fingerprint density at radius 1 is 1.24 bits per heavy atom. The number of hydrogen-bond acceptors (Lipinski definition) is 4. The Morgan fingerprint density at radius 2 is 2.05 bits per heavy atom. The van der Waals surface area contributed by atoms with E-state index in [9.17, 15) is 0 Å². The molecular weight excluding hydrogens is 266 g/mol. The summed E-state index contributed by atoms with van der Waals surface area (Å²) in [4.78, 5) is 0. The largest absolute Gasteiger partial charge is 0.493 e. The van der Waals surface area contributed by atoms with Crippen LogP contribution in [0.2, 0.25) is 0 Å². The number of benzene rings is 1. The maximum Gasteiger partial charge on any atom is 0.203 e. The molecule has 4 heteroatoms. The average molecular weight is 293 g/mol. The molecule has 0 spiro atoms. The molecule has 0 aromatic heterocycles. The lowest BCUT2D eigenvalue weighted by Crippen LogP contribution is -2.25. The van der Waals surface area contributed by atoms with Gasteiger partial charge in [-0.15, -0.1) is 0 Å². The number of hydrogen-bond donors (Lipinski definition) is 1. The van der Waals surface area contributed by atoms with Gasteiger partial charge in [-0.1, -0.05) is 26.2 Å². The van der Waals surface area contributed by atoms with Crippen LogP contribution in [0.5, 0.6) is 17.2 Å². The zero-order valence-corrected chi connectivity index (χ0v) is 13.4. The highest BCUT2D eigenvalue weighted by atomic mass is 16.6. The molecule has 0 saturated carbocycles. The molecule has 1 heterocycles. The van der Waals surface area contributed by atoms with Gasteiger partial charge < -0.3 is 19.5 Å². The zero-order chi connectivity index (χ0) is 15.1. The van der Waals surface area contributed by atoms with E-state index in [1.165, 1.54) is 31.2 Å². The molecule has 0 fully saturated rings. The van der Waals surface area contributed by atoms with Gasteiger partial charge in [0.15, 0.2) is 11.5 Å². The quantitative estimate of drug-likeness (QED) is 0.744. The second-order valence-electron chi connectivity index (χ2n) is 5.60. The van der Waals surface area contributed by atoms with E-state index < -0.39 is 0 Å². The highest BCUT2D eigenvalue weighted by molar-refractivity contribution is 5.54. The van der Waals surface area contributed by atoms with Crippen molar-refractivity contribution >= 4 is 0 Å². The number of nitrogens with one attached hydrogen (secondary N) is 1. The Morgan fingerprint density at radius 3 is 2.81 bits per heavy atom. The van der Waals surface area contributed by atoms with Gasteiger partial charge in [0, 0.05) is 12.6 Å². The Labute approximate surface area is 127 Å². The summed E-state index contributed by atoms with van der Waals surface area (Å²) < 4.78 is 16.7. The van der Waals surface area contributed by atoms with Crippen LogP contribution in [0.15, 0.2) is 12.1 Å². The topological polar surface area (TPSA) is 39.7 Å². The molecule has 4 nitrogen and oxygen atoms in total. The van der Waals surface area contributed by atoms with E-state index >= 15 is 0 Å². The molecule has 1 aliphatic heterocycles. The normalized spacial score (nSPS) is 14.8. The summed E-state index contributed by atoms with van der Waals surface area (Å²) >= 11 is 0. The fourth-order valence-electron chi connectivity index (χ4n) is 2.52. The van der Waals surface area contributed by atoms with Crippen LogP contribution in [0.25, 0.3) is 0 Å². The van der Waals surface area contributed by atoms with Crippen LogP contribution in [0.1, 0.15) is 45.1 Å². The minimum atomic E-state index is 0.524. The van der Waals surface area contributed by atoms with E-state index in [1.54, 1.807) is 7.11 Å². The summed E-state index contributed by atoms with van der Waals surface area (Å²) in [5, 5.41) is 3.56. The van der Waals surface area contributed by atoms with Gasteiger partial charge in [0.05, 0.1) is 7.11 Å². The maximum absolute atomic E-state index is 5.66. The summed E-state index contributed by atoms with van der Waals surface area (Å²) in [6, 6.07) is 4.60. The first-order chi connectivity index (χ1) is 10.2. The molecule has 1 aromatic rings. The minimum Gasteiger partial charge on any atom is -0.493 e. The molecule has 1 unspecified atom stereocenters. The van der Waals surface area contributed by atoms with Crippen LogP contribution < -0.4 is 19.5 Å². The summed E-state index contributed by atoms with van der Waals surface area (Å²) in [6.45, 7) is 6.47. The first-order valence-electron chi connectivity index (χ1n) is 7.94. The van der Waals surface area contributed by atoms with Gasteiger partial charge in [0.25, 0.3) is 0 Å². The SMILES string of the molecule is CCCCCC(C)NCc1cc(OC)c2c(c1)OCCO2. The molecule has 1 N–H and O–H groups in total. The predicted molar refractivity (Wildman–Crippen MR) is 84.4 cm³/mol. The van der Waals surface area contributed by atoms with Crippen LogP contribution in [0.4, 0.5) is 0 Å². The highest BCUT2D eigenvalue weighted by Crippen LogP contribution is 2.40. The second-order valence-corrected chi connectivity index (χ2v) is 5.60. The van der Waals surface area contributed by atoms with Gasteiger partial charge in [0.1, 0.15) is 13.2 Å². The van der Waals surface area contributed by atoms with Gasteiger partial charge >= 0.3 is 0 Å². The smallest absolute Gasteiger partial charge is 0.203 e. The highest BCUT2D eigenvalue weighted by Gasteiger charge is 2.18. The molecule has 1 aliphatic rings. The first-order valence-corrected chi connectivity index (χ1v) is 7.94. The zero-order valence-electron chi connectivity index (χ0n) is 13.4. The van der Waals surface area contributed by atoms with Crippen molar-refractivity contribution in [1.29, 1.82) is 0 Å². The van der Waals surface area contributed by atoms with Crippen molar-refractivity contribution in [2.45, 2.75) is 52.1 Å². The molecule has 1 atom stereocenters. The molecule has 0 aliphatic carbocycles. The molecule has 0 saturated heterocycles. The molecular formula is C17H27NO3. The Hall–Kier alpha value is -1.42. The third kappa shape index (κ3) is 4.53. The van der Waals surface area contributed by atoms with Crippen molar-refractivity contribution < 1.29 is 14.2 Å². The summed E-state index contributed by atoms with van der Waals surface area (Å²) in [5.74, 6) is 2.27. The number of rotatable bonds is 8. The summed E-state index contributed by atoms with van der Waals surface area (Å²) in [7, 11) is 1.66. The van der Waals surface area contributed by atoms with E-state index in [2.05, 4.69) is 19.2 Å². The predicted octanol–water partition coefficient (Wildman–Crippen LogP) is 3.52. The van der Waals surface area contributed by atoms with Crippen molar-refractivity contribution in [2.75, 3.05) is 20.3 Å². The number of fused-ring (bicyclic) bond motifs is 1. The van der Waals surface area contributed by atoms with Gasteiger partial charge in [0.2, 0.25) is 5.75 Å². The van der Waals surface area contributed by atoms with Gasteiger partial charge in [-0.25, -0.2) is 0 Å². The number of ether oxygens (including phenoxy) is 3. The Balaban J connectivity index is 1.94. The lowest BCUT2D eigenvalue weighted by Gasteiger charge is -2.22. The van der Waals surface area contributed by atoms with E-state index in [0.717, 1.165) is 23.8 Å². The van der Waals surface area contributed by atoms with E-state index in [1.807, 2.05) is 12.1 Å².